The third-order valence-corrected chi connectivity index (χ3v) is 13.6. The smallest absolute Gasteiger partial charge is 0.164 e. The van der Waals surface area contributed by atoms with Crippen molar-refractivity contribution in [3.05, 3.63) is 294 Å². The molecule has 1 aromatic heterocycles. The number of hydrogen-bond acceptors (Lipinski definition) is 3. The fourth-order valence-corrected chi connectivity index (χ4v) is 10.9. The molecule has 66 heavy (non-hydrogen) atoms. The third kappa shape index (κ3) is 6.16. The normalized spacial score (nSPS) is 13.4. The molecule has 0 amide bonds. The van der Waals surface area contributed by atoms with Gasteiger partial charge < -0.3 is 0 Å². The van der Waals surface area contributed by atoms with E-state index in [1.807, 2.05) is 36.4 Å². The fourth-order valence-electron chi connectivity index (χ4n) is 10.9. The summed E-state index contributed by atoms with van der Waals surface area (Å²) in [6.45, 7) is 0. The molecular formula is C63H43N3. The molecule has 1 aliphatic carbocycles. The Labute approximate surface area is 385 Å². The summed E-state index contributed by atoms with van der Waals surface area (Å²) in [6.07, 6.45) is 0. The highest BCUT2D eigenvalue weighted by Crippen LogP contribution is 2.65. The SMILES string of the molecule is c1ccc(-c2nc(-c3ccccc3)nc(-c3cc(-c4ccc5c(c4)C(c4ccccc4)(c4ccccc4)C(c4ccccc4)(c4ccccc4)c4ccccc4-5)cc4ccccc34)n2)cc1. The Kier molecular flexibility index (Phi) is 9.61. The molecule has 12 rings (SSSR count). The second-order valence-electron chi connectivity index (χ2n) is 17.1. The van der Waals surface area contributed by atoms with Gasteiger partial charge in [-0.05, 0) is 84.6 Å². The largest absolute Gasteiger partial charge is 0.208 e. The van der Waals surface area contributed by atoms with E-state index in [1.165, 1.54) is 44.5 Å². The lowest BCUT2D eigenvalue weighted by Crippen LogP contribution is -2.54. The van der Waals surface area contributed by atoms with Crippen molar-refractivity contribution < 1.29 is 0 Å². The van der Waals surface area contributed by atoms with E-state index in [-0.39, 0.29) is 0 Å². The van der Waals surface area contributed by atoms with Crippen molar-refractivity contribution in [1.82, 2.24) is 15.0 Å². The van der Waals surface area contributed by atoms with E-state index in [2.05, 4.69) is 224 Å². The first kappa shape index (κ1) is 39.1. The Morgan fingerprint density at radius 1 is 0.242 bits per heavy atom. The maximum Gasteiger partial charge on any atom is 0.164 e. The first-order chi connectivity index (χ1) is 32.7. The van der Waals surface area contributed by atoms with Crippen molar-refractivity contribution in [2.75, 3.05) is 0 Å². The van der Waals surface area contributed by atoms with E-state index in [0.29, 0.717) is 17.5 Å². The number of aromatic nitrogens is 3. The molecule has 0 unspecified atom stereocenters. The standard InChI is InChI=1S/C63H43N3/c1-7-23-44(24-8-1)59-64-60(45-25-9-2-10-26-45)66-61(65-59)56-42-48(41-47-27-19-20-36-53(47)56)46-39-40-55-54-37-21-22-38-57(54)62(49-28-11-3-12-29-49,50-30-13-4-14-31-50)63(58(55)43-46,51-32-15-5-16-33-51)52-34-17-6-18-35-52/h1-43H. The minimum atomic E-state index is -0.763. The van der Waals surface area contributed by atoms with Gasteiger partial charge in [-0.1, -0.05) is 243 Å². The Morgan fingerprint density at radius 3 is 1.18 bits per heavy atom. The molecule has 0 saturated heterocycles. The Balaban J connectivity index is 1.19. The van der Waals surface area contributed by atoms with Gasteiger partial charge in [0.15, 0.2) is 17.5 Å². The number of benzene rings is 10. The summed E-state index contributed by atoms with van der Waals surface area (Å²) in [5.74, 6) is 1.90. The summed E-state index contributed by atoms with van der Waals surface area (Å²) < 4.78 is 0. The van der Waals surface area contributed by atoms with E-state index in [0.717, 1.165) is 38.6 Å². The highest BCUT2D eigenvalue weighted by atomic mass is 15.0. The van der Waals surface area contributed by atoms with Crippen molar-refractivity contribution in [3.8, 4) is 56.4 Å². The molecule has 0 radical (unpaired) electrons. The molecule has 1 aliphatic rings. The van der Waals surface area contributed by atoms with Crippen LogP contribution in [0.1, 0.15) is 33.4 Å². The molecule has 1 heterocycles. The number of rotatable bonds is 8. The van der Waals surface area contributed by atoms with Crippen LogP contribution >= 0.6 is 0 Å². The average molecular weight is 842 g/mol. The maximum atomic E-state index is 5.25. The van der Waals surface area contributed by atoms with Crippen LogP contribution in [0, 0.1) is 0 Å². The van der Waals surface area contributed by atoms with Gasteiger partial charge in [0.25, 0.3) is 0 Å². The highest BCUT2D eigenvalue weighted by molar-refractivity contribution is 5.99. The van der Waals surface area contributed by atoms with Gasteiger partial charge in [0.2, 0.25) is 0 Å². The molecule has 0 bridgehead atoms. The number of nitrogens with zero attached hydrogens (tertiary/aromatic N) is 3. The van der Waals surface area contributed by atoms with Crippen molar-refractivity contribution in [2.24, 2.45) is 0 Å². The summed E-state index contributed by atoms with van der Waals surface area (Å²) >= 11 is 0. The van der Waals surface area contributed by atoms with Crippen LogP contribution in [-0.2, 0) is 10.8 Å². The van der Waals surface area contributed by atoms with E-state index in [9.17, 15) is 0 Å². The van der Waals surface area contributed by atoms with Gasteiger partial charge >= 0.3 is 0 Å². The van der Waals surface area contributed by atoms with Crippen LogP contribution < -0.4 is 0 Å². The van der Waals surface area contributed by atoms with Crippen LogP contribution in [0.15, 0.2) is 261 Å². The maximum absolute atomic E-state index is 5.25. The highest BCUT2D eigenvalue weighted by Gasteiger charge is 2.61. The molecular weight excluding hydrogens is 799 g/mol. The van der Waals surface area contributed by atoms with Gasteiger partial charge in [0.1, 0.15) is 0 Å². The van der Waals surface area contributed by atoms with Crippen LogP contribution in [0.2, 0.25) is 0 Å². The van der Waals surface area contributed by atoms with Crippen LogP contribution in [0.4, 0.5) is 0 Å². The van der Waals surface area contributed by atoms with Crippen LogP contribution in [0.3, 0.4) is 0 Å². The predicted molar refractivity (Wildman–Crippen MR) is 270 cm³/mol. The molecule has 0 spiro atoms. The molecule has 3 heteroatoms. The van der Waals surface area contributed by atoms with Crippen LogP contribution in [0.25, 0.3) is 67.2 Å². The summed E-state index contributed by atoms with van der Waals surface area (Å²) in [4.78, 5) is 15.5. The lowest BCUT2D eigenvalue weighted by Gasteiger charge is -2.57. The lowest BCUT2D eigenvalue weighted by molar-refractivity contribution is 0.415. The monoisotopic (exact) mass is 841 g/mol. The Hall–Kier alpha value is -8.53. The molecule has 11 aromatic rings. The summed E-state index contributed by atoms with van der Waals surface area (Å²) in [5, 5.41) is 2.18. The second kappa shape index (κ2) is 16.2. The van der Waals surface area contributed by atoms with Gasteiger partial charge in [-0.15, -0.1) is 0 Å². The van der Waals surface area contributed by atoms with Crippen molar-refractivity contribution >= 4 is 10.8 Å². The minimum absolute atomic E-state index is 0.628. The average Bonchev–Trinajstić information content (AvgIpc) is 3.41. The molecule has 0 atom stereocenters. The molecule has 0 fully saturated rings. The van der Waals surface area contributed by atoms with Crippen molar-refractivity contribution in [1.29, 1.82) is 0 Å². The van der Waals surface area contributed by atoms with E-state index in [4.69, 9.17) is 15.0 Å². The fraction of sp³-hybridized carbons (Fsp3) is 0.0317. The van der Waals surface area contributed by atoms with E-state index < -0.39 is 10.8 Å². The van der Waals surface area contributed by atoms with Crippen LogP contribution in [0.5, 0.6) is 0 Å². The predicted octanol–water partition coefficient (Wildman–Crippen LogP) is 15.0. The molecule has 0 aliphatic heterocycles. The summed E-state index contributed by atoms with van der Waals surface area (Å²) in [7, 11) is 0. The summed E-state index contributed by atoms with van der Waals surface area (Å²) in [6, 6.07) is 94.6. The van der Waals surface area contributed by atoms with Crippen molar-refractivity contribution in [2.45, 2.75) is 10.8 Å². The Bertz CT molecular complexity index is 3370. The molecule has 0 saturated carbocycles. The molecule has 0 N–H and O–H groups in total. The van der Waals surface area contributed by atoms with Gasteiger partial charge in [-0.3, -0.25) is 0 Å². The quantitative estimate of drug-likeness (QED) is 0.153. The van der Waals surface area contributed by atoms with Gasteiger partial charge in [-0.25, -0.2) is 15.0 Å². The zero-order chi connectivity index (χ0) is 43.9. The van der Waals surface area contributed by atoms with Gasteiger partial charge in [0, 0.05) is 16.7 Å². The second-order valence-corrected chi connectivity index (χ2v) is 17.1. The van der Waals surface area contributed by atoms with Crippen molar-refractivity contribution in [3.63, 3.8) is 0 Å². The minimum Gasteiger partial charge on any atom is -0.208 e. The van der Waals surface area contributed by atoms with E-state index in [1.54, 1.807) is 0 Å². The number of fused-ring (bicyclic) bond motifs is 4. The van der Waals surface area contributed by atoms with Gasteiger partial charge in [0.05, 0.1) is 10.8 Å². The molecule has 310 valence electrons. The lowest BCUT2D eigenvalue weighted by atomic mass is 9.43. The Morgan fingerprint density at radius 2 is 0.652 bits per heavy atom. The van der Waals surface area contributed by atoms with E-state index >= 15 is 0 Å². The third-order valence-electron chi connectivity index (χ3n) is 13.6. The first-order valence-corrected chi connectivity index (χ1v) is 22.6. The molecule has 10 aromatic carbocycles. The summed E-state index contributed by atoms with van der Waals surface area (Å²) in [5.41, 5.74) is 13.3. The van der Waals surface area contributed by atoms with Gasteiger partial charge in [-0.2, -0.15) is 0 Å². The molecule has 3 nitrogen and oxygen atoms in total. The first-order valence-electron chi connectivity index (χ1n) is 22.6. The van der Waals surface area contributed by atoms with Crippen LogP contribution in [-0.4, -0.2) is 15.0 Å². The zero-order valence-electron chi connectivity index (χ0n) is 36.2. The number of hydrogen-bond donors (Lipinski definition) is 0. The topological polar surface area (TPSA) is 38.7 Å². The zero-order valence-corrected chi connectivity index (χ0v) is 36.2.